The predicted molar refractivity (Wildman–Crippen MR) is 130 cm³/mol. The Labute approximate surface area is 205 Å². The van der Waals surface area contributed by atoms with E-state index in [1.807, 2.05) is 31.2 Å². The summed E-state index contributed by atoms with van der Waals surface area (Å²) in [6.07, 6.45) is -4.55. The third-order valence-electron chi connectivity index (χ3n) is 5.91. The number of carbonyl (C=O) groups is 1. The third-order valence-corrected chi connectivity index (χ3v) is 5.91. The Morgan fingerprint density at radius 1 is 1.00 bits per heavy atom. The number of aromatic nitrogens is 2. The quantitative estimate of drug-likeness (QED) is 0.289. The van der Waals surface area contributed by atoms with Gasteiger partial charge in [-0.05, 0) is 55.7 Å². The summed E-state index contributed by atoms with van der Waals surface area (Å²) in [6.45, 7) is 5.25. The SMILES string of the molecule is COc1cc(F)c(-c2nc(C(=O)Nc3cccc(C(F)(F)F)c3)c(C)[nH]2)c(C)c1-c1ccccc1C. The van der Waals surface area contributed by atoms with Gasteiger partial charge in [0.05, 0.1) is 18.2 Å². The van der Waals surface area contributed by atoms with E-state index in [1.165, 1.54) is 25.3 Å². The minimum Gasteiger partial charge on any atom is -0.496 e. The highest BCUT2D eigenvalue weighted by molar-refractivity contribution is 6.04. The van der Waals surface area contributed by atoms with Crippen LogP contribution in [0.3, 0.4) is 0 Å². The smallest absolute Gasteiger partial charge is 0.416 e. The predicted octanol–water partition coefficient (Wildman–Crippen LogP) is 7.09. The second kappa shape index (κ2) is 9.49. The summed E-state index contributed by atoms with van der Waals surface area (Å²) in [5.74, 6) is -0.844. The molecule has 36 heavy (non-hydrogen) atoms. The molecule has 0 saturated carbocycles. The molecule has 0 fully saturated rings. The molecule has 0 saturated heterocycles. The summed E-state index contributed by atoms with van der Waals surface area (Å²) in [7, 11) is 1.46. The van der Waals surface area contributed by atoms with Crippen molar-refractivity contribution in [3.8, 4) is 28.3 Å². The van der Waals surface area contributed by atoms with E-state index in [4.69, 9.17) is 4.74 Å². The number of alkyl halides is 3. The Morgan fingerprint density at radius 3 is 2.39 bits per heavy atom. The van der Waals surface area contributed by atoms with Gasteiger partial charge in [-0.2, -0.15) is 13.2 Å². The van der Waals surface area contributed by atoms with Gasteiger partial charge in [-0.1, -0.05) is 30.3 Å². The molecule has 0 aliphatic rings. The Balaban J connectivity index is 1.75. The lowest BCUT2D eigenvalue weighted by Crippen LogP contribution is -2.14. The molecule has 186 valence electrons. The van der Waals surface area contributed by atoms with Crippen LogP contribution >= 0.6 is 0 Å². The lowest BCUT2D eigenvalue weighted by Gasteiger charge is -2.17. The number of halogens is 4. The largest absolute Gasteiger partial charge is 0.496 e. The molecule has 0 unspecified atom stereocenters. The van der Waals surface area contributed by atoms with Crippen LogP contribution in [0, 0.1) is 26.6 Å². The van der Waals surface area contributed by atoms with E-state index in [2.05, 4.69) is 15.3 Å². The zero-order valence-corrected chi connectivity index (χ0v) is 20.0. The number of H-pyrrole nitrogens is 1. The molecule has 0 bridgehead atoms. The summed E-state index contributed by atoms with van der Waals surface area (Å²) in [6, 6.07) is 13.2. The maximum absolute atomic E-state index is 15.3. The Morgan fingerprint density at radius 2 is 1.72 bits per heavy atom. The topological polar surface area (TPSA) is 67.0 Å². The number of carbonyl (C=O) groups excluding carboxylic acids is 1. The number of aromatic amines is 1. The van der Waals surface area contributed by atoms with Crippen LogP contribution in [0.25, 0.3) is 22.5 Å². The molecule has 1 amide bonds. The highest BCUT2D eigenvalue weighted by atomic mass is 19.4. The second-order valence-electron chi connectivity index (χ2n) is 8.34. The Bertz CT molecular complexity index is 1460. The monoisotopic (exact) mass is 497 g/mol. The minimum atomic E-state index is -4.55. The third kappa shape index (κ3) is 4.68. The van der Waals surface area contributed by atoms with Gasteiger partial charge in [-0.3, -0.25) is 4.79 Å². The van der Waals surface area contributed by atoms with Crippen LogP contribution in [0.1, 0.15) is 32.9 Å². The lowest BCUT2D eigenvalue weighted by molar-refractivity contribution is -0.137. The van der Waals surface area contributed by atoms with Gasteiger partial charge in [-0.25, -0.2) is 9.37 Å². The number of hydrogen-bond donors (Lipinski definition) is 2. The fourth-order valence-corrected chi connectivity index (χ4v) is 4.15. The summed E-state index contributed by atoms with van der Waals surface area (Å²) >= 11 is 0. The lowest BCUT2D eigenvalue weighted by atomic mass is 9.92. The van der Waals surface area contributed by atoms with Gasteiger partial charge in [-0.15, -0.1) is 0 Å². The number of rotatable bonds is 5. The van der Waals surface area contributed by atoms with Crippen LogP contribution in [-0.4, -0.2) is 23.0 Å². The number of anilines is 1. The zero-order chi connectivity index (χ0) is 26.2. The molecule has 0 atom stereocenters. The van der Waals surface area contributed by atoms with Crippen molar-refractivity contribution >= 4 is 11.6 Å². The second-order valence-corrected chi connectivity index (χ2v) is 8.34. The minimum absolute atomic E-state index is 0.0348. The van der Waals surface area contributed by atoms with Crippen LogP contribution in [0.2, 0.25) is 0 Å². The number of ether oxygens (including phenoxy) is 1. The van der Waals surface area contributed by atoms with E-state index < -0.39 is 23.5 Å². The first-order chi connectivity index (χ1) is 17.0. The number of nitrogens with zero attached hydrogens (tertiary/aromatic N) is 1. The van der Waals surface area contributed by atoms with Gasteiger partial charge in [0.25, 0.3) is 5.91 Å². The van der Waals surface area contributed by atoms with Gasteiger partial charge >= 0.3 is 6.18 Å². The molecule has 0 aliphatic heterocycles. The average molecular weight is 497 g/mol. The number of benzene rings is 3. The first-order valence-corrected chi connectivity index (χ1v) is 11.0. The number of amides is 1. The van der Waals surface area contributed by atoms with Gasteiger partial charge < -0.3 is 15.0 Å². The normalized spacial score (nSPS) is 11.4. The molecular formula is C27H23F4N3O2. The van der Waals surface area contributed by atoms with E-state index in [9.17, 15) is 18.0 Å². The van der Waals surface area contributed by atoms with E-state index in [0.29, 0.717) is 22.6 Å². The molecule has 4 rings (SSSR count). The Hall–Kier alpha value is -4.14. The molecule has 2 N–H and O–H groups in total. The Kier molecular flexibility index (Phi) is 6.58. The van der Waals surface area contributed by atoms with Crippen LogP contribution in [0.4, 0.5) is 23.2 Å². The highest BCUT2D eigenvalue weighted by Gasteiger charge is 2.31. The fraction of sp³-hybridized carbons (Fsp3) is 0.185. The van der Waals surface area contributed by atoms with Gasteiger partial charge in [0.1, 0.15) is 23.1 Å². The van der Waals surface area contributed by atoms with Crippen molar-refractivity contribution in [2.75, 3.05) is 12.4 Å². The van der Waals surface area contributed by atoms with E-state index in [-0.39, 0.29) is 22.8 Å². The number of hydrogen-bond acceptors (Lipinski definition) is 3. The molecule has 5 nitrogen and oxygen atoms in total. The molecule has 3 aromatic carbocycles. The first-order valence-electron chi connectivity index (χ1n) is 11.0. The van der Waals surface area contributed by atoms with Crippen molar-refractivity contribution in [3.05, 3.63) is 88.5 Å². The van der Waals surface area contributed by atoms with Crippen molar-refractivity contribution in [1.29, 1.82) is 0 Å². The van der Waals surface area contributed by atoms with Gasteiger partial charge in [0.15, 0.2) is 0 Å². The van der Waals surface area contributed by atoms with Crippen molar-refractivity contribution in [2.45, 2.75) is 26.9 Å². The van der Waals surface area contributed by atoms with Crippen LogP contribution in [0.15, 0.2) is 54.6 Å². The molecule has 1 aromatic heterocycles. The first kappa shape index (κ1) is 25.0. The standard InChI is InChI=1S/C27H23F4N3O2/c1-14-8-5-6-11-19(14)22-15(2)23(20(28)13-21(22)36-4)25-32-16(3)24(34-25)26(35)33-18-10-7-9-17(12-18)27(29,30)31/h5-13H,1-4H3,(H,32,34)(H,33,35). The molecule has 0 spiro atoms. The van der Waals surface area contributed by atoms with Crippen molar-refractivity contribution in [3.63, 3.8) is 0 Å². The molecule has 1 heterocycles. The molecular weight excluding hydrogens is 474 g/mol. The van der Waals surface area contributed by atoms with Crippen LogP contribution < -0.4 is 10.1 Å². The summed E-state index contributed by atoms with van der Waals surface area (Å²) in [5.41, 5.74) is 2.58. The van der Waals surface area contributed by atoms with E-state index in [0.717, 1.165) is 23.3 Å². The van der Waals surface area contributed by atoms with Gasteiger partial charge in [0.2, 0.25) is 0 Å². The van der Waals surface area contributed by atoms with Crippen LogP contribution in [-0.2, 0) is 6.18 Å². The molecule has 0 aliphatic carbocycles. The number of methoxy groups -OCH3 is 1. The van der Waals surface area contributed by atoms with Crippen LogP contribution in [0.5, 0.6) is 5.75 Å². The summed E-state index contributed by atoms with van der Waals surface area (Å²) < 4.78 is 59.8. The number of imidazole rings is 1. The number of nitrogens with one attached hydrogen (secondary N) is 2. The average Bonchev–Trinajstić information content (AvgIpc) is 3.20. The maximum atomic E-state index is 15.3. The van der Waals surface area contributed by atoms with Crippen molar-refractivity contribution in [1.82, 2.24) is 9.97 Å². The fourth-order valence-electron chi connectivity index (χ4n) is 4.15. The van der Waals surface area contributed by atoms with E-state index in [1.54, 1.807) is 13.8 Å². The summed E-state index contributed by atoms with van der Waals surface area (Å²) in [4.78, 5) is 20.1. The van der Waals surface area contributed by atoms with Gasteiger partial charge in [0, 0.05) is 23.0 Å². The maximum Gasteiger partial charge on any atom is 0.416 e. The van der Waals surface area contributed by atoms with Crippen molar-refractivity contribution < 1.29 is 27.1 Å². The number of aryl methyl sites for hydroxylation is 2. The molecule has 9 heteroatoms. The van der Waals surface area contributed by atoms with Crippen molar-refractivity contribution in [2.24, 2.45) is 0 Å². The highest BCUT2D eigenvalue weighted by Crippen LogP contribution is 2.41. The summed E-state index contributed by atoms with van der Waals surface area (Å²) in [5, 5.41) is 2.43. The molecule has 0 radical (unpaired) electrons. The molecule has 4 aromatic rings. The van der Waals surface area contributed by atoms with E-state index >= 15 is 4.39 Å². The zero-order valence-electron chi connectivity index (χ0n) is 20.0.